The predicted molar refractivity (Wildman–Crippen MR) is 103 cm³/mol. The summed E-state index contributed by atoms with van der Waals surface area (Å²) in [6.45, 7) is 3.78. The Kier molecular flexibility index (Phi) is 5.66. The molecule has 0 saturated heterocycles. The molecule has 26 heavy (non-hydrogen) atoms. The Balaban J connectivity index is 1.69. The third-order valence-corrected chi connectivity index (χ3v) is 3.61. The molecule has 0 bridgehead atoms. The molecule has 1 aromatic heterocycles. The average molecular weight is 350 g/mol. The molecule has 134 valence electrons. The molecule has 0 radical (unpaired) electrons. The normalized spacial score (nSPS) is 11.7. The highest BCUT2D eigenvalue weighted by molar-refractivity contribution is 5.58. The second-order valence-corrected chi connectivity index (χ2v) is 6.01. The van der Waals surface area contributed by atoms with Gasteiger partial charge in [-0.25, -0.2) is 4.98 Å². The molecule has 1 atom stereocenters. The zero-order valence-corrected chi connectivity index (χ0v) is 14.8. The Morgan fingerprint density at radius 1 is 1.00 bits per heavy atom. The highest BCUT2D eigenvalue weighted by atomic mass is 16.5. The Morgan fingerprint density at radius 2 is 1.69 bits per heavy atom. The van der Waals surface area contributed by atoms with Gasteiger partial charge < -0.3 is 20.5 Å². The van der Waals surface area contributed by atoms with Crippen LogP contribution in [0.25, 0.3) is 0 Å². The lowest BCUT2D eigenvalue weighted by Gasteiger charge is -2.13. The van der Waals surface area contributed by atoms with Gasteiger partial charge in [0.2, 0.25) is 5.95 Å². The van der Waals surface area contributed by atoms with Gasteiger partial charge in [-0.3, -0.25) is 0 Å². The van der Waals surface area contributed by atoms with E-state index in [1.165, 1.54) is 0 Å². The fourth-order valence-corrected chi connectivity index (χ4v) is 2.34. The number of aliphatic hydroxyl groups excluding tert-OH is 1. The second kappa shape index (κ2) is 8.31. The first kappa shape index (κ1) is 17.7. The first-order valence-electron chi connectivity index (χ1n) is 8.45. The lowest BCUT2D eigenvalue weighted by atomic mass is 10.3. The van der Waals surface area contributed by atoms with E-state index in [9.17, 15) is 0 Å². The lowest BCUT2D eigenvalue weighted by Crippen LogP contribution is -2.21. The van der Waals surface area contributed by atoms with E-state index in [4.69, 9.17) is 9.84 Å². The fourth-order valence-electron chi connectivity index (χ4n) is 2.34. The highest BCUT2D eigenvalue weighted by Gasteiger charge is 2.06. The van der Waals surface area contributed by atoms with Gasteiger partial charge >= 0.3 is 0 Å². The van der Waals surface area contributed by atoms with Crippen LogP contribution in [0.3, 0.4) is 0 Å². The molecular formula is C20H22N4O2. The number of nitrogens with one attached hydrogen (secondary N) is 2. The molecule has 0 amide bonds. The standard InChI is InChI=1S/C20H22N4O2/c1-14-12-19(24-20(21-14)22-15(2)13-25)23-16-8-10-18(11-9-16)26-17-6-4-3-5-7-17/h3-12,15,25H,13H2,1-2H3,(H2,21,22,23,24). The number of benzene rings is 2. The van der Waals surface area contributed by atoms with Gasteiger partial charge in [0.1, 0.15) is 17.3 Å². The Bertz CT molecular complexity index is 838. The topological polar surface area (TPSA) is 79.3 Å². The number of aryl methyl sites for hydroxylation is 1. The van der Waals surface area contributed by atoms with Gasteiger partial charge in [0.05, 0.1) is 6.61 Å². The fraction of sp³-hybridized carbons (Fsp3) is 0.200. The van der Waals surface area contributed by atoms with Crippen LogP contribution in [-0.4, -0.2) is 27.7 Å². The number of aliphatic hydroxyl groups is 1. The molecule has 0 saturated carbocycles. The summed E-state index contributed by atoms with van der Waals surface area (Å²) in [5.74, 6) is 2.73. The van der Waals surface area contributed by atoms with Gasteiger partial charge in [-0.2, -0.15) is 4.98 Å². The molecule has 0 fully saturated rings. The number of para-hydroxylation sites is 1. The van der Waals surface area contributed by atoms with Crippen LogP contribution in [0.5, 0.6) is 11.5 Å². The number of nitrogens with zero attached hydrogens (tertiary/aromatic N) is 2. The minimum Gasteiger partial charge on any atom is -0.457 e. The van der Waals surface area contributed by atoms with Gasteiger partial charge in [0.15, 0.2) is 0 Å². The molecule has 3 rings (SSSR count). The molecule has 0 aliphatic carbocycles. The lowest BCUT2D eigenvalue weighted by molar-refractivity contribution is 0.281. The number of hydrogen-bond acceptors (Lipinski definition) is 6. The molecule has 3 aromatic rings. The number of rotatable bonds is 7. The van der Waals surface area contributed by atoms with Crippen molar-refractivity contribution in [3.63, 3.8) is 0 Å². The molecule has 2 aromatic carbocycles. The maximum atomic E-state index is 9.16. The zero-order valence-electron chi connectivity index (χ0n) is 14.8. The highest BCUT2D eigenvalue weighted by Crippen LogP contribution is 2.24. The van der Waals surface area contributed by atoms with Crippen molar-refractivity contribution in [1.82, 2.24) is 9.97 Å². The number of hydrogen-bond donors (Lipinski definition) is 3. The molecule has 0 aliphatic heterocycles. The van der Waals surface area contributed by atoms with Crippen molar-refractivity contribution in [3.05, 3.63) is 66.4 Å². The molecule has 1 heterocycles. The molecule has 3 N–H and O–H groups in total. The maximum Gasteiger partial charge on any atom is 0.225 e. The van der Waals surface area contributed by atoms with Crippen molar-refractivity contribution in [3.8, 4) is 11.5 Å². The third kappa shape index (κ3) is 4.94. The van der Waals surface area contributed by atoms with E-state index in [0.717, 1.165) is 22.9 Å². The Labute approximate surface area is 152 Å². The van der Waals surface area contributed by atoms with E-state index in [1.54, 1.807) is 0 Å². The van der Waals surface area contributed by atoms with Crippen LogP contribution >= 0.6 is 0 Å². The summed E-state index contributed by atoms with van der Waals surface area (Å²) in [7, 11) is 0. The van der Waals surface area contributed by atoms with E-state index in [1.807, 2.05) is 74.5 Å². The second-order valence-electron chi connectivity index (χ2n) is 6.01. The summed E-state index contributed by atoms with van der Waals surface area (Å²) < 4.78 is 5.79. The molecule has 0 aliphatic rings. The Hall–Kier alpha value is -3.12. The van der Waals surface area contributed by atoms with E-state index in [-0.39, 0.29) is 12.6 Å². The van der Waals surface area contributed by atoms with Crippen molar-refractivity contribution in [2.24, 2.45) is 0 Å². The van der Waals surface area contributed by atoms with Crippen molar-refractivity contribution >= 4 is 17.5 Å². The Morgan fingerprint density at radius 3 is 2.38 bits per heavy atom. The third-order valence-electron chi connectivity index (χ3n) is 3.61. The first-order chi connectivity index (χ1) is 12.6. The summed E-state index contributed by atoms with van der Waals surface area (Å²) in [4.78, 5) is 8.76. The summed E-state index contributed by atoms with van der Waals surface area (Å²) in [6, 6.07) is 19.1. The predicted octanol–water partition coefficient (Wildman–Crippen LogP) is 4.11. The molecule has 1 unspecified atom stereocenters. The van der Waals surface area contributed by atoms with Gasteiger partial charge in [-0.15, -0.1) is 0 Å². The van der Waals surface area contributed by atoms with Crippen molar-refractivity contribution in [1.29, 1.82) is 0 Å². The summed E-state index contributed by atoms with van der Waals surface area (Å²) in [5, 5.41) is 15.5. The van der Waals surface area contributed by atoms with E-state index in [2.05, 4.69) is 20.6 Å². The minimum atomic E-state index is -0.112. The van der Waals surface area contributed by atoms with Gasteiger partial charge in [0, 0.05) is 23.5 Å². The molecule has 0 spiro atoms. The van der Waals surface area contributed by atoms with Crippen molar-refractivity contribution < 1.29 is 9.84 Å². The van der Waals surface area contributed by atoms with E-state index < -0.39 is 0 Å². The van der Waals surface area contributed by atoms with Gasteiger partial charge in [0.25, 0.3) is 0 Å². The van der Waals surface area contributed by atoms with Crippen molar-refractivity contribution in [2.45, 2.75) is 19.9 Å². The number of ether oxygens (including phenoxy) is 1. The van der Waals surface area contributed by atoms with E-state index >= 15 is 0 Å². The monoisotopic (exact) mass is 350 g/mol. The van der Waals surface area contributed by atoms with Crippen LogP contribution < -0.4 is 15.4 Å². The first-order valence-corrected chi connectivity index (χ1v) is 8.45. The van der Waals surface area contributed by atoms with Crippen LogP contribution in [-0.2, 0) is 0 Å². The molecular weight excluding hydrogens is 328 g/mol. The largest absolute Gasteiger partial charge is 0.457 e. The van der Waals surface area contributed by atoms with Crippen molar-refractivity contribution in [2.75, 3.05) is 17.2 Å². The van der Waals surface area contributed by atoms with Gasteiger partial charge in [-0.05, 0) is 50.2 Å². The van der Waals surface area contributed by atoms with Crippen LogP contribution in [0.2, 0.25) is 0 Å². The van der Waals surface area contributed by atoms with Crippen LogP contribution in [0, 0.1) is 6.92 Å². The van der Waals surface area contributed by atoms with Crippen LogP contribution in [0.1, 0.15) is 12.6 Å². The summed E-state index contributed by atoms with van der Waals surface area (Å²) in [6.07, 6.45) is 0. The SMILES string of the molecule is Cc1cc(Nc2ccc(Oc3ccccc3)cc2)nc(NC(C)CO)n1. The molecule has 6 nitrogen and oxygen atoms in total. The van der Waals surface area contributed by atoms with E-state index in [0.29, 0.717) is 11.8 Å². The maximum absolute atomic E-state index is 9.16. The molecule has 6 heteroatoms. The zero-order chi connectivity index (χ0) is 18.4. The van der Waals surface area contributed by atoms with Crippen LogP contribution in [0.15, 0.2) is 60.7 Å². The summed E-state index contributed by atoms with van der Waals surface area (Å²) in [5.41, 5.74) is 1.73. The summed E-state index contributed by atoms with van der Waals surface area (Å²) >= 11 is 0. The average Bonchev–Trinajstić information content (AvgIpc) is 2.63. The quantitative estimate of drug-likeness (QED) is 0.595. The number of aromatic nitrogens is 2. The minimum absolute atomic E-state index is 0.0168. The number of anilines is 3. The van der Waals surface area contributed by atoms with Gasteiger partial charge in [-0.1, -0.05) is 18.2 Å². The smallest absolute Gasteiger partial charge is 0.225 e. The van der Waals surface area contributed by atoms with Crippen LogP contribution in [0.4, 0.5) is 17.5 Å².